The zero-order chi connectivity index (χ0) is 33.0. The van der Waals surface area contributed by atoms with Gasteiger partial charge in [0.25, 0.3) is 0 Å². The van der Waals surface area contributed by atoms with Crippen molar-refractivity contribution in [1.82, 2.24) is 29.4 Å². The van der Waals surface area contributed by atoms with E-state index in [2.05, 4.69) is 33.8 Å². The fourth-order valence-corrected chi connectivity index (χ4v) is 6.63. The number of likely N-dealkylation sites (N-methyl/N-ethyl adjacent to an activating group) is 1. The lowest BCUT2D eigenvalue weighted by Crippen LogP contribution is -2.56. The summed E-state index contributed by atoms with van der Waals surface area (Å²) in [5.74, 6) is 1.32. The van der Waals surface area contributed by atoms with Crippen molar-refractivity contribution in [1.29, 1.82) is 0 Å². The molecule has 0 aliphatic carbocycles. The van der Waals surface area contributed by atoms with Crippen LogP contribution < -0.4 is 14.4 Å². The Labute approximate surface area is 279 Å². The minimum absolute atomic E-state index is 0.130. The van der Waals surface area contributed by atoms with Gasteiger partial charge in [-0.1, -0.05) is 54.6 Å². The van der Waals surface area contributed by atoms with Crippen LogP contribution >= 0.6 is 0 Å². The highest BCUT2D eigenvalue weighted by atomic mass is 16.6. The molecule has 0 spiro atoms. The molecule has 2 aliphatic rings. The lowest BCUT2D eigenvalue weighted by Gasteiger charge is -2.39. The van der Waals surface area contributed by atoms with Gasteiger partial charge in [0, 0.05) is 31.2 Å². The van der Waals surface area contributed by atoms with Crippen molar-refractivity contribution in [3.63, 3.8) is 0 Å². The van der Waals surface area contributed by atoms with Gasteiger partial charge in [0.2, 0.25) is 6.54 Å². The predicted molar refractivity (Wildman–Crippen MR) is 182 cm³/mol. The molecule has 5 aromatic rings. The van der Waals surface area contributed by atoms with Gasteiger partial charge in [0.15, 0.2) is 11.5 Å². The largest absolute Gasteiger partial charge is 0.497 e. The second-order valence-corrected chi connectivity index (χ2v) is 12.3. The molecule has 2 fully saturated rings. The van der Waals surface area contributed by atoms with Crippen LogP contribution in [0.1, 0.15) is 18.4 Å². The first kappa shape index (κ1) is 31.2. The third-order valence-electron chi connectivity index (χ3n) is 9.27. The molecule has 2 aromatic heterocycles. The molecule has 2 aliphatic heterocycles. The van der Waals surface area contributed by atoms with Crippen molar-refractivity contribution < 1.29 is 19.0 Å². The van der Waals surface area contributed by atoms with Crippen molar-refractivity contribution >= 4 is 28.3 Å². The van der Waals surface area contributed by atoms with Gasteiger partial charge >= 0.3 is 12.1 Å². The summed E-state index contributed by atoms with van der Waals surface area (Å²) in [6, 6.07) is 21.9. The number of methoxy groups -OCH3 is 1. The van der Waals surface area contributed by atoms with Crippen molar-refractivity contribution in [2.45, 2.75) is 31.5 Å². The molecule has 7 rings (SSSR count). The Hall–Kier alpha value is -5.41. The number of piperazine rings is 1. The van der Waals surface area contributed by atoms with Crippen molar-refractivity contribution in [3.05, 3.63) is 89.9 Å². The maximum atomic E-state index is 13.2. The monoisotopic (exact) mass is 646 g/mol. The number of carbonyl (C=O) groups is 1. The number of hydrogen-bond acceptors (Lipinski definition) is 9. The van der Waals surface area contributed by atoms with Gasteiger partial charge in [0.1, 0.15) is 25.0 Å². The Morgan fingerprint density at radius 1 is 1.04 bits per heavy atom. The number of ether oxygens (including phenoxy) is 3. The van der Waals surface area contributed by atoms with Crippen LogP contribution in [-0.2, 0) is 11.3 Å². The Balaban J connectivity index is 1.23. The molecule has 12 nitrogen and oxygen atoms in total. The van der Waals surface area contributed by atoms with E-state index in [1.54, 1.807) is 22.7 Å². The molecule has 0 bridgehead atoms. The van der Waals surface area contributed by atoms with Gasteiger partial charge in [-0.2, -0.15) is 4.98 Å². The summed E-state index contributed by atoms with van der Waals surface area (Å²) in [5, 5.41) is 6.94. The van der Waals surface area contributed by atoms with E-state index >= 15 is 0 Å². The van der Waals surface area contributed by atoms with Crippen molar-refractivity contribution in [3.8, 4) is 23.0 Å². The van der Waals surface area contributed by atoms with E-state index in [9.17, 15) is 4.79 Å². The number of likely N-dealkylation sites (tertiary alicyclic amines) is 1. The van der Waals surface area contributed by atoms with Crippen LogP contribution in [0.25, 0.3) is 32.5 Å². The van der Waals surface area contributed by atoms with E-state index in [0.29, 0.717) is 37.7 Å². The Bertz CT molecular complexity index is 1960. The second-order valence-electron chi connectivity index (χ2n) is 12.3. The van der Waals surface area contributed by atoms with Gasteiger partial charge in [-0.25, -0.2) is 20.9 Å². The topological polar surface area (TPSA) is 102 Å². The maximum absolute atomic E-state index is 13.2. The molecule has 0 unspecified atom stereocenters. The summed E-state index contributed by atoms with van der Waals surface area (Å²) in [7, 11) is 3.77. The van der Waals surface area contributed by atoms with Crippen LogP contribution in [0, 0.1) is 6.57 Å². The number of nitrogens with zero attached hydrogens (tertiary/aromatic N) is 8. The average molecular weight is 647 g/mol. The fourth-order valence-electron chi connectivity index (χ4n) is 6.63. The molecule has 0 radical (unpaired) electrons. The number of anilines is 1. The van der Waals surface area contributed by atoms with Gasteiger partial charge in [0.05, 0.1) is 19.0 Å². The van der Waals surface area contributed by atoms with Gasteiger partial charge in [-0.05, 0) is 54.9 Å². The molecule has 4 heterocycles. The van der Waals surface area contributed by atoms with E-state index < -0.39 is 12.1 Å². The summed E-state index contributed by atoms with van der Waals surface area (Å²) >= 11 is 0. The van der Waals surface area contributed by atoms with Crippen molar-refractivity contribution in [2.75, 3.05) is 58.4 Å². The molecule has 48 heavy (non-hydrogen) atoms. The summed E-state index contributed by atoms with van der Waals surface area (Å²) < 4.78 is 19.4. The molecule has 3 aromatic carbocycles. The number of amides is 1. The number of aromatic nitrogens is 4. The fraction of sp³-hybridized carbons (Fsp3) is 0.361. The van der Waals surface area contributed by atoms with Crippen LogP contribution in [0.3, 0.4) is 0 Å². The van der Waals surface area contributed by atoms with E-state index in [4.69, 9.17) is 35.8 Å². The average Bonchev–Trinajstić information content (AvgIpc) is 3.75. The zero-order valence-electron chi connectivity index (χ0n) is 27.2. The number of benzene rings is 3. The van der Waals surface area contributed by atoms with Crippen LogP contribution in [0.5, 0.6) is 11.8 Å². The molecule has 2 atom stereocenters. The number of imidazole rings is 1. The first-order chi connectivity index (χ1) is 23.5. The van der Waals surface area contributed by atoms with E-state index in [0.717, 1.165) is 52.7 Å². The number of hydrogen-bond donors (Lipinski definition) is 0. The molecule has 2 saturated heterocycles. The van der Waals surface area contributed by atoms with Crippen LogP contribution in [0.15, 0.2) is 72.9 Å². The molecule has 12 heteroatoms. The third-order valence-corrected chi connectivity index (χ3v) is 9.27. The van der Waals surface area contributed by atoms with E-state index in [-0.39, 0.29) is 25.2 Å². The third kappa shape index (κ3) is 6.29. The summed E-state index contributed by atoms with van der Waals surface area (Å²) in [5.41, 5.74) is 3.15. The highest BCUT2D eigenvalue weighted by molar-refractivity contribution is 5.97. The van der Waals surface area contributed by atoms with Crippen molar-refractivity contribution in [2.24, 2.45) is 0 Å². The number of carbonyl (C=O) groups excluding carboxylic acids is 1. The lowest BCUT2D eigenvalue weighted by molar-refractivity contribution is 0.0788. The van der Waals surface area contributed by atoms with Crippen LogP contribution in [-0.4, -0.2) is 101 Å². The van der Waals surface area contributed by atoms with Gasteiger partial charge < -0.3 is 28.9 Å². The van der Waals surface area contributed by atoms with Crippen LogP contribution in [0.4, 0.5) is 10.6 Å². The number of rotatable bonds is 9. The SMILES string of the molecule is [C-]#[N+]C[C@H]1CN(c2nc(OC[C@@H]3CCCN3C)nn3c(-c4cc(OC)cc5ccccc45)cnc23)CCN1C(=O)OCc1ccccc1. The highest BCUT2D eigenvalue weighted by Crippen LogP contribution is 2.35. The number of fused-ring (bicyclic) bond motifs is 2. The molecule has 1 amide bonds. The first-order valence-corrected chi connectivity index (χ1v) is 16.2. The molecule has 0 saturated carbocycles. The normalized spacial score (nSPS) is 18.3. The summed E-state index contributed by atoms with van der Waals surface area (Å²) in [6.07, 6.45) is 3.55. The van der Waals surface area contributed by atoms with E-state index in [1.165, 1.54) is 0 Å². The maximum Gasteiger partial charge on any atom is 0.410 e. The lowest BCUT2D eigenvalue weighted by atomic mass is 10.0. The zero-order valence-corrected chi connectivity index (χ0v) is 27.2. The second kappa shape index (κ2) is 13.8. The minimum Gasteiger partial charge on any atom is -0.497 e. The van der Waals surface area contributed by atoms with Gasteiger partial charge in [-0.3, -0.25) is 4.90 Å². The molecular formula is C36H38N8O4. The highest BCUT2D eigenvalue weighted by Gasteiger charge is 2.36. The quantitative estimate of drug-likeness (QED) is 0.201. The Kier molecular flexibility index (Phi) is 8.94. The first-order valence-electron chi connectivity index (χ1n) is 16.2. The summed E-state index contributed by atoms with van der Waals surface area (Å²) in [6.45, 7) is 10.7. The standard InChI is InChI=1S/C36H38N8O4/c1-37-20-28-22-42(16-17-43(28)36(45)48-23-25-10-5-4-6-11-25)34-33-38-21-32(31-19-29(46-3)18-26-12-7-8-14-30(26)31)44(33)40-35(39-34)47-24-27-13-9-15-41(27)2/h4-8,10-12,14,18-19,21,27-28H,9,13,15-17,20,22-24H2,2-3H3/t27-,28-/m0/s1. The molecular weight excluding hydrogens is 608 g/mol. The Morgan fingerprint density at radius 3 is 2.67 bits per heavy atom. The van der Waals surface area contributed by atoms with E-state index in [1.807, 2.05) is 54.6 Å². The smallest absolute Gasteiger partial charge is 0.410 e. The minimum atomic E-state index is -0.433. The summed E-state index contributed by atoms with van der Waals surface area (Å²) in [4.78, 5) is 32.7. The van der Waals surface area contributed by atoms with Crippen LogP contribution in [0.2, 0.25) is 0 Å². The van der Waals surface area contributed by atoms with Gasteiger partial charge in [-0.15, -0.1) is 5.10 Å². The Morgan fingerprint density at radius 2 is 1.88 bits per heavy atom. The molecule has 246 valence electrons. The predicted octanol–water partition coefficient (Wildman–Crippen LogP) is 5.17. The molecule has 0 N–H and O–H groups in total.